The second-order valence-corrected chi connectivity index (χ2v) is 5.41. The van der Waals surface area contributed by atoms with E-state index in [1.54, 1.807) is 6.20 Å². The molecule has 20 heavy (non-hydrogen) atoms. The van der Waals surface area contributed by atoms with Crippen LogP contribution in [0.3, 0.4) is 0 Å². The van der Waals surface area contributed by atoms with Gasteiger partial charge in [-0.25, -0.2) is 4.98 Å². The van der Waals surface area contributed by atoms with Crippen LogP contribution >= 0.6 is 0 Å². The lowest BCUT2D eigenvalue weighted by Gasteiger charge is -2.17. The van der Waals surface area contributed by atoms with Crippen LogP contribution in [0, 0.1) is 0 Å². The highest BCUT2D eigenvalue weighted by Crippen LogP contribution is 2.16. The smallest absolute Gasteiger partial charge is 0.221 e. The Morgan fingerprint density at radius 1 is 1.55 bits per heavy atom. The molecule has 1 aliphatic rings. The Balaban J connectivity index is 1.94. The molecule has 0 spiro atoms. The number of nitrogens with one attached hydrogen (secondary N) is 2. The molecular formula is C15H23N3O2. The first-order valence-electron chi connectivity index (χ1n) is 7.26. The number of hydrogen-bond acceptors (Lipinski definition) is 4. The maximum absolute atomic E-state index is 11.5. The highest BCUT2D eigenvalue weighted by Gasteiger charge is 2.17. The second-order valence-electron chi connectivity index (χ2n) is 5.41. The Morgan fingerprint density at radius 2 is 2.40 bits per heavy atom. The summed E-state index contributed by atoms with van der Waals surface area (Å²) < 4.78 is 5.70. The van der Waals surface area contributed by atoms with Gasteiger partial charge in [0.15, 0.2) is 0 Å². The zero-order chi connectivity index (χ0) is 14.4. The van der Waals surface area contributed by atoms with E-state index in [2.05, 4.69) is 15.6 Å². The van der Waals surface area contributed by atoms with Crippen molar-refractivity contribution in [2.75, 3.05) is 6.54 Å². The average Bonchev–Trinajstić information content (AvgIpc) is 2.61. The minimum absolute atomic E-state index is 0.104. The molecule has 2 N–H and O–H groups in total. The molecular weight excluding hydrogens is 254 g/mol. The zero-order valence-electron chi connectivity index (χ0n) is 12.2. The van der Waals surface area contributed by atoms with Crippen LogP contribution in [0.25, 0.3) is 0 Å². The highest BCUT2D eigenvalue weighted by atomic mass is 16.5. The van der Waals surface area contributed by atoms with Crippen LogP contribution in [0.4, 0.5) is 0 Å². The maximum Gasteiger partial charge on any atom is 0.221 e. The zero-order valence-corrected chi connectivity index (χ0v) is 12.2. The molecule has 0 aromatic carbocycles. The summed E-state index contributed by atoms with van der Waals surface area (Å²) in [5.41, 5.74) is 1.03. The average molecular weight is 277 g/mol. The third kappa shape index (κ3) is 4.49. The van der Waals surface area contributed by atoms with Crippen molar-refractivity contribution in [2.24, 2.45) is 0 Å². The van der Waals surface area contributed by atoms with Crippen molar-refractivity contribution in [1.82, 2.24) is 15.6 Å². The van der Waals surface area contributed by atoms with Crippen molar-refractivity contribution in [1.29, 1.82) is 0 Å². The van der Waals surface area contributed by atoms with E-state index >= 15 is 0 Å². The molecule has 1 aromatic rings. The van der Waals surface area contributed by atoms with Crippen LogP contribution in [-0.2, 0) is 11.3 Å². The fraction of sp³-hybridized carbons (Fsp3) is 0.600. The van der Waals surface area contributed by atoms with Crippen molar-refractivity contribution in [3.63, 3.8) is 0 Å². The molecule has 110 valence electrons. The van der Waals surface area contributed by atoms with Crippen LogP contribution in [0.5, 0.6) is 5.88 Å². The number of nitrogens with zero attached hydrogens (tertiary/aromatic N) is 1. The minimum atomic E-state index is 0.104. The molecule has 1 amide bonds. The summed E-state index contributed by atoms with van der Waals surface area (Å²) in [5, 5.41) is 6.34. The highest BCUT2D eigenvalue weighted by molar-refractivity contribution is 5.76. The molecule has 1 atom stereocenters. The summed E-state index contributed by atoms with van der Waals surface area (Å²) in [6.45, 7) is 5.43. The summed E-state index contributed by atoms with van der Waals surface area (Å²) in [6, 6.07) is 4.14. The lowest BCUT2D eigenvalue weighted by atomic mass is 10.1. The van der Waals surface area contributed by atoms with Crippen molar-refractivity contribution < 1.29 is 9.53 Å². The number of carbonyl (C=O) groups is 1. The monoisotopic (exact) mass is 277 g/mol. The Kier molecular flexibility index (Phi) is 5.35. The molecule has 5 nitrogen and oxygen atoms in total. The molecule has 0 saturated carbocycles. The van der Waals surface area contributed by atoms with Gasteiger partial charge in [-0.2, -0.15) is 0 Å². The number of amides is 1. The number of carbonyl (C=O) groups excluding carboxylic acids is 1. The molecule has 1 unspecified atom stereocenters. The van der Waals surface area contributed by atoms with E-state index in [9.17, 15) is 4.79 Å². The Morgan fingerprint density at radius 3 is 3.20 bits per heavy atom. The van der Waals surface area contributed by atoms with Crippen molar-refractivity contribution in [3.05, 3.63) is 23.9 Å². The molecule has 5 heteroatoms. The minimum Gasteiger partial charge on any atom is -0.475 e. The van der Waals surface area contributed by atoms with E-state index < -0.39 is 0 Å². The normalized spacial score (nSPS) is 19.6. The van der Waals surface area contributed by atoms with Crippen LogP contribution in [0.1, 0.15) is 38.7 Å². The summed E-state index contributed by atoms with van der Waals surface area (Å²) in [5.74, 6) is 0.804. The van der Waals surface area contributed by atoms with Gasteiger partial charge >= 0.3 is 0 Å². The van der Waals surface area contributed by atoms with Crippen LogP contribution in [0.15, 0.2) is 18.3 Å². The number of aromatic nitrogens is 1. The molecule has 0 aliphatic carbocycles. The van der Waals surface area contributed by atoms with Gasteiger partial charge in [-0.05, 0) is 32.8 Å². The Hall–Kier alpha value is -1.62. The number of ether oxygens (including phenoxy) is 1. The quantitative estimate of drug-likeness (QED) is 0.858. The molecule has 0 radical (unpaired) electrons. The van der Waals surface area contributed by atoms with Gasteiger partial charge in [0.2, 0.25) is 11.8 Å². The standard InChI is InChI=1S/C15H23N3O2/c1-11(2)20-15-12(5-3-8-17-15)10-18-13-6-4-7-16-14(19)9-13/h3,5,8,11,13,18H,4,6-7,9-10H2,1-2H3,(H,16,19). The third-order valence-electron chi connectivity index (χ3n) is 3.26. The predicted molar refractivity (Wildman–Crippen MR) is 77.5 cm³/mol. The van der Waals surface area contributed by atoms with E-state index in [1.807, 2.05) is 26.0 Å². The summed E-state index contributed by atoms with van der Waals surface area (Å²) in [6.07, 6.45) is 4.42. The van der Waals surface area contributed by atoms with Gasteiger partial charge < -0.3 is 15.4 Å². The van der Waals surface area contributed by atoms with Gasteiger partial charge in [-0.15, -0.1) is 0 Å². The van der Waals surface area contributed by atoms with Crippen LogP contribution in [0.2, 0.25) is 0 Å². The Bertz CT molecular complexity index is 448. The summed E-state index contributed by atoms with van der Waals surface area (Å²) in [7, 11) is 0. The molecule has 1 saturated heterocycles. The third-order valence-corrected chi connectivity index (χ3v) is 3.26. The maximum atomic E-state index is 11.5. The molecule has 2 heterocycles. The number of hydrogen-bond donors (Lipinski definition) is 2. The van der Waals surface area contributed by atoms with Gasteiger partial charge in [0.1, 0.15) is 0 Å². The molecule has 1 fully saturated rings. The number of pyridine rings is 1. The summed E-state index contributed by atoms with van der Waals surface area (Å²) >= 11 is 0. The molecule has 0 bridgehead atoms. The van der Waals surface area contributed by atoms with E-state index in [0.717, 1.165) is 24.9 Å². The van der Waals surface area contributed by atoms with Gasteiger partial charge in [-0.1, -0.05) is 6.07 Å². The first kappa shape index (κ1) is 14.8. The lowest BCUT2D eigenvalue weighted by molar-refractivity contribution is -0.121. The van der Waals surface area contributed by atoms with E-state index in [0.29, 0.717) is 18.8 Å². The molecule has 1 aliphatic heterocycles. The topological polar surface area (TPSA) is 63.2 Å². The fourth-order valence-corrected chi connectivity index (χ4v) is 2.29. The number of rotatable bonds is 5. The fourth-order valence-electron chi connectivity index (χ4n) is 2.29. The second kappa shape index (κ2) is 7.24. The van der Waals surface area contributed by atoms with Gasteiger partial charge in [0, 0.05) is 37.3 Å². The van der Waals surface area contributed by atoms with Crippen LogP contribution in [-0.4, -0.2) is 29.6 Å². The SMILES string of the molecule is CC(C)Oc1ncccc1CNC1CCCNC(=O)C1. The van der Waals surface area contributed by atoms with Crippen LogP contribution < -0.4 is 15.4 Å². The van der Waals surface area contributed by atoms with E-state index in [-0.39, 0.29) is 18.1 Å². The first-order chi connectivity index (χ1) is 9.65. The summed E-state index contributed by atoms with van der Waals surface area (Å²) in [4.78, 5) is 15.8. The van der Waals surface area contributed by atoms with E-state index in [4.69, 9.17) is 4.74 Å². The van der Waals surface area contributed by atoms with Gasteiger partial charge in [0.25, 0.3) is 0 Å². The largest absolute Gasteiger partial charge is 0.475 e. The first-order valence-corrected chi connectivity index (χ1v) is 7.26. The van der Waals surface area contributed by atoms with E-state index in [1.165, 1.54) is 0 Å². The Labute approximate surface area is 120 Å². The van der Waals surface area contributed by atoms with Gasteiger partial charge in [-0.3, -0.25) is 4.79 Å². The molecule has 2 rings (SSSR count). The lowest BCUT2D eigenvalue weighted by Crippen LogP contribution is -2.32. The van der Waals surface area contributed by atoms with Gasteiger partial charge in [0.05, 0.1) is 6.10 Å². The van der Waals surface area contributed by atoms with Crippen molar-refractivity contribution >= 4 is 5.91 Å². The predicted octanol–water partition coefficient (Wildman–Crippen LogP) is 1.63. The van der Waals surface area contributed by atoms with Crippen molar-refractivity contribution in [3.8, 4) is 5.88 Å². The molecule has 1 aromatic heterocycles. The van der Waals surface area contributed by atoms with Crippen molar-refractivity contribution in [2.45, 2.75) is 51.8 Å².